The lowest BCUT2D eigenvalue weighted by atomic mass is 10.2. The predicted octanol–water partition coefficient (Wildman–Crippen LogP) is 1.43. The molecule has 1 nitrogen and oxygen atoms in total. The van der Waals surface area contributed by atoms with E-state index in [-0.39, 0.29) is 0 Å². The lowest BCUT2D eigenvalue weighted by molar-refractivity contribution is 1.19. The molecule has 0 atom stereocenters. The third-order valence-corrected chi connectivity index (χ3v) is 0.751. The monoisotopic (exact) mass is 97.1 g/mol. The number of nitrogens with two attached hydrogens (primary N) is 1. The Labute approximate surface area is 44.5 Å². The molecule has 0 radical (unpaired) electrons. The summed E-state index contributed by atoms with van der Waals surface area (Å²) in [5, 5.41) is 0. The summed E-state index contributed by atoms with van der Waals surface area (Å²) in [6, 6.07) is 0. The van der Waals surface area contributed by atoms with Crippen LogP contribution in [0.4, 0.5) is 0 Å². The molecule has 0 saturated carbocycles. The van der Waals surface area contributed by atoms with Crippen molar-refractivity contribution in [3.63, 3.8) is 0 Å². The highest BCUT2D eigenvalue weighted by atomic mass is 14.5. The van der Waals surface area contributed by atoms with Gasteiger partial charge in [-0.3, -0.25) is 0 Å². The van der Waals surface area contributed by atoms with Crippen LogP contribution in [0.25, 0.3) is 0 Å². The molecule has 1 heteroatoms. The highest BCUT2D eigenvalue weighted by Gasteiger charge is 1.76. The summed E-state index contributed by atoms with van der Waals surface area (Å²) < 4.78 is 0. The number of allylic oxidation sites excluding steroid dienone is 2. The van der Waals surface area contributed by atoms with Crippen molar-refractivity contribution >= 4 is 0 Å². The van der Waals surface area contributed by atoms with E-state index < -0.39 is 0 Å². The van der Waals surface area contributed by atoms with Crippen LogP contribution in [0.5, 0.6) is 0 Å². The first-order valence-corrected chi connectivity index (χ1v) is 2.29. The molecule has 0 amide bonds. The van der Waals surface area contributed by atoms with Gasteiger partial charge in [0.1, 0.15) is 0 Å². The molecule has 0 aliphatic rings. The van der Waals surface area contributed by atoms with Gasteiger partial charge in [-0.15, -0.1) is 6.58 Å². The second-order valence-electron chi connectivity index (χ2n) is 1.51. The molecule has 0 aromatic heterocycles. The molecule has 0 heterocycles. The maximum Gasteiger partial charge on any atom is -0.00701 e. The van der Waals surface area contributed by atoms with Crippen molar-refractivity contribution < 1.29 is 0 Å². The molecule has 0 unspecified atom stereocenters. The summed E-state index contributed by atoms with van der Waals surface area (Å²) in [7, 11) is 0. The molecule has 2 N–H and O–H groups in total. The van der Waals surface area contributed by atoms with Crippen LogP contribution in [0.3, 0.4) is 0 Å². The van der Waals surface area contributed by atoms with E-state index in [1.807, 2.05) is 13.0 Å². The highest BCUT2D eigenvalue weighted by molar-refractivity contribution is 4.99. The Hall–Kier alpha value is -0.720. The van der Waals surface area contributed by atoms with Gasteiger partial charge in [0, 0.05) is 0 Å². The van der Waals surface area contributed by atoms with Crippen LogP contribution < -0.4 is 5.73 Å². The average molecular weight is 97.2 g/mol. The number of hydrogen-bond acceptors (Lipinski definition) is 1. The lowest BCUT2D eigenvalue weighted by Crippen LogP contribution is -1.81. The number of hydrogen-bond donors (Lipinski definition) is 1. The molecule has 0 spiro atoms. The van der Waals surface area contributed by atoms with Crippen LogP contribution >= 0.6 is 0 Å². The van der Waals surface area contributed by atoms with Crippen molar-refractivity contribution in [1.29, 1.82) is 0 Å². The smallest absolute Gasteiger partial charge is 0.00701 e. The molecule has 0 saturated heterocycles. The minimum absolute atomic E-state index is 0.899. The first-order valence-electron chi connectivity index (χ1n) is 2.29. The van der Waals surface area contributed by atoms with Gasteiger partial charge in [0.2, 0.25) is 0 Å². The largest absolute Gasteiger partial charge is 0.405 e. The first kappa shape index (κ1) is 6.28. The molecule has 40 valence electrons. The summed E-state index contributed by atoms with van der Waals surface area (Å²) in [6.45, 7) is 5.53. The summed E-state index contributed by atoms with van der Waals surface area (Å²) in [6.07, 6.45) is 4.33. The maximum absolute atomic E-state index is 5.15. The van der Waals surface area contributed by atoms with E-state index in [9.17, 15) is 0 Å². The highest BCUT2D eigenvalue weighted by Crippen LogP contribution is 1.94. The molecule has 0 aliphatic heterocycles. The second kappa shape index (κ2) is 3.47. The fourth-order valence-corrected chi connectivity index (χ4v) is 0.296. The molecular weight excluding hydrogens is 86.1 g/mol. The summed E-state index contributed by atoms with van der Waals surface area (Å²) >= 11 is 0. The molecule has 0 aromatic carbocycles. The fourth-order valence-electron chi connectivity index (χ4n) is 0.296. The van der Waals surface area contributed by atoms with Crippen molar-refractivity contribution in [2.24, 2.45) is 5.73 Å². The Bertz CT molecular complexity index is 82.2. The Morgan fingerprint density at radius 2 is 2.43 bits per heavy atom. The Kier molecular flexibility index (Phi) is 3.11. The van der Waals surface area contributed by atoms with Gasteiger partial charge in [0.15, 0.2) is 0 Å². The van der Waals surface area contributed by atoms with Crippen LogP contribution in [0.15, 0.2) is 24.4 Å². The zero-order chi connectivity index (χ0) is 5.70. The van der Waals surface area contributed by atoms with Gasteiger partial charge in [-0.25, -0.2) is 0 Å². The van der Waals surface area contributed by atoms with Gasteiger partial charge >= 0.3 is 0 Å². The molecule has 0 bridgehead atoms. The third kappa shape index (κ3) is 3.10. The van der Waals surface area contributed by atoms with Gasteiger partial charge in [-0.05, 0) is 19.5 Å². The van der Waals surface area contributed by atoms with Gasteiger partial charge in [-0.2, -0.15) is 0 Å². The van der Waals surface area contributed by atoms with Crippen molar-refractivity contribution in [2.75, 3.05) is 0 Å². The molecule has 0 aliphatic carbocycles. The zero-order valence-electron chi connectivity index (χ0n) is 4.65. The zero-order valence-corrected chi connectivity index (χ0v) is 4.65. The van der Waals surface area contributed by atoms with E-state index in [2.05, 4.69) is 6.58 Å². The quantitative estimate of drug-likeness (QED) is 0.518. The summed E-state index contributed by atoms with van der Waals surface area (Å²) in [5.41, 5.74) is 6.31. The minimum Gasteiger partial charge on any atom is -0.405 e. The normalized spacial score (nSPS) is 11.3. The van der Waals surface area contributed by atoms with Gasteiger partial charge in [0.25, 0.3) is 0 Å². The Balaban J connectivity index is 3.36. The van der Waals surface area contributed by atoms with Crippen molar-refractivity contribution in [3.8, 4) is 0 Å². The molecule has 0 aromatic rings. The molecule has 0 fully saturated rings. The average Bonchev–Trinajstić information content (AvgIpc) is 1.68. The van der Waals surface area contributed by atoms with Gasteiger partial charge < -0.3 is 5.73 Å². The third-order valence-electron chi connectivity index (χ3n) is 0.751. The molecule has 0 rings (SSSR count). The van der Waals surface area contributed by atoms with E-state index in [0.717, 1.165) is 12.0 Å². The molecule has 7 heavy (non-hydrogen) atoms. The van der Waals surface area contributed by atoms with E-state index in [1.165, 1.54) is 0 Å². The Morgan fingerprint density at radius 3 is 2.57 bits per heavy atom. The molecular formula is C6H11N. The topological polar surface area (TPSA) is 26.0 Å². The van der Waals surface area contributed by atoms with E-state index in [0.29, 0.717) is 0 Å². The van der Waals surface area contributed by atoms with Crippen LogP contribution in [0.1, 0.15) is 13.3 Å². The predicted molar refractivity (Wildman–Crippen MR) is 32.8 cm³/mol. The van der Waals surface area contributed by atoms with Crippen LogP contribution in [-0.4, -0.2) is 0 Å². The van der Waals surface area contributed by atoms with E-state index >= 15 is 0 Å². The summed E-state index contributed by atoms with van der Waals surface area (Å²) in [4.78, 5) is 0. The van der Waals surface area contributed by atoms with Crippen molar-refractivity contribution in [3.05, 3.63) is 24.4 Å². The van der Waals surface area contributed by atoms with Gasteiger partial charge in [0.05, 0.1) is 0 Å². The lowest BCUT2D eigenvalue weighted by Gasteiger charge is -1.87. The van der Waals surface area contributed by atoms with Crippen LogP contribution in [0, 0.1) is 0 Å². The van der Waals surface area contributed by atoms with Crippen molar-refractivity contribution in [1.82, 2.24) is 0 Å². The van der Waals surface area contributed by atoms with Crippen molar-refractivity contribution in [2.45, 2.75) is 13.3 Å². The van der Waals surface area contributed by atoms with E-state index in [4.69, 9.17) is 5.73 Å². The Morgan fingerprint density at radius 1 is 1.86 bits per heavy atom. The van der Waals surface area contributed by atoms with Crippen LogP contribution in [0.2, 0.25) is 0 Å². The summed E-state index contributed by atoms with van der Waals surface area (Å²) in [5.74, 6) is 0. The second-order valence-corrected chi connectivity index (χ2v) is 1.51. The number of rotatable bonds is 2. The first-order chi connectivity index (χ1) is 3.31. The van der Waals surface area contributed by atoms with Crippen LogP contribution in [-0.2, 0) is 0 Å². The van der Waals surface area contributed by atoms with E-state index in [1.54, 1.807) is 6.20 Å². The minimum atomic E-state index is 0.899. The van der Waals surface area contributed by atoms with Gasteiger partial charge in [-0.1, -0.05) is 11.6 Å². The maximum atomic E-state index is 5.15. The standard InChI is InChI=1S/C6H11N/c1-3-4-6(2)5-7/h3,5H,1,4,7H2,2H3/b6-5+. The SMILES string of the molecule is C=CC/C(C)=C/N. The fraction of sp³-hybridized carbons (Fsp3) is 0.333.